The standard InChI is InChI=1S/C14H13N3S/c1-10-3-2-6-15-12(10)9-17-14-11-5-8-18-13(11)4-7-16-14/h2-8H,9H2,1H3,(H,16,17). The lowest BCUT2D eigenvalue weighted by molar-refractivity contribution is 1.01. The maximum Gasteiger partial charge on any atom is 0.134 e. The van der Waals surface area contributed by atoms with Crippen molar-refractivity contribution in [2.45, 2.75) is 13.5 Å². The molecular formula is C14H13N3S. The molecule has 0 saturated heterocycles. The maximum atomic E-state index is 4.39. The zero-order valence-electron chi connectivity index (χ0n) is 10.1. The number of hydrogen-bond donors (Lipinski definition) is 1. The third-order valence-corrected chi connectivity index (χ3v) is 3.80. The predicted molar refractivity (Wildman–Crippen MR) is 75.9 cm³/mol. The average molecular weight is 255 g/mol. The molecular weight excluding hydrogens is 242 g/mol. The number of nitrogens with zero attached hydrogens (tertiary/aromatic N) is 2. The Morgan fingerprint density at radius 3 is 3.00 bits per heavy atom. The molecule has 3 heterocycles. The van der Waals surface area contributed by atoms with Crippen molar-refractivity contribution in [1.29, 1.82) is 0 Å². The Kier molecular flexibility index (Phi) is 2.94. The quantitative estimate of drug-likeness (QED) is 0.777. The number of aromatic nitrogens is 2. The third-order valence-electron chi connectivity index (χ3n) is 2.92. The molecule has 0 radical (unpaired) electrons. The second-order valence-electron chi connectivity index (χ2n) is 4.11. The van der Waals surface area contributed by atoms with Crippen LogP contribution < -0.4 is 5.32 Å². The molecule has 3 rings (SSSR count). The molecule has 90 valence electrons. The Hall–Kier alpha value is -1.94. The number of anilines is 1. The van der Waals surface area contributed by atoms with Crippen LogP contribution in [0.4, 0.5) is 5.82 Å². The van der Waals surface area contributed by atoms with E-state index in [9.17, 15) is 0 Å². The summed E-state index contributed by atoms with van der Waals surface area (Å²) >= 11 is 1.73. The first-order valence-electron chi connectivity index (χ1n) is 5.81. The molecule has 1 N–H and O–H groups in total. The summed E-state index contributed by atoms with van der Waals surface area (Å²) < 4.78 is 1.25. The molecule has 0 fully saturated rings. The van der Waals surface area contributed by atoms with Gasteiger partial charge in [-0.25, -0.2) is 4.98 Å². The molecule has 0 atom stereocenters. The largest absolute Gasteiger partial charge is 0.364 e. The summed E-state index contributed by atoms with van der Waals surface area (Å²) in [6, 6.07) is 8.16. The topological polar surface area (TPSA) is 37.8 Å². The summed E-state index contributed by atoms with van der Waals surface area (Å²) in [5.74, 6) is 0.929. The summed E-state index contributed by atoms with van der Waals surface area (Å²) in [5.41, 5.74) is 2.26. The highest BCUT2D eigenvalue weighted by Crippen LogP contribution is 2.26. The second kappa shape index (κ2) is 4.74. The molecule has 0 amide bonds. The Balaban J connectivity index is 1.85. The minimum atomic E-state index is 0.703. The van der Waals surface area contributed by atoms with Crippen LogP contribution in [0.5, 0.6) is 0 Å². The number of aryl methyl sites for hydroxylation is 1. The van der Waals surface area contributed by atoms with Crippen molar-refractivity contribution < 1.29 is 0 Å². The van der Waals surface area contributed by atoms with E-state index in [4.69, 9.17) is 0 Å². The molecule has 3 aromatic heterocycles. The fourth-order valence-corrected chi connectivity index (χ4v) is 2.69. The fraction of sp³-hybridized carbons (Fsp3) is 0.143. The van der Waals surface area contributed by atoms with Gasteiger partial charge in [-0.3, -0.25) is 4.98 Å². The van der Waals surface area contributed by atoms with E-state index in [1.165, 1.54) is 15.6 Å². The smallest absolute Gasteiger partial charge is 0.134 e. The average Bonchev–Trinajstić information content (AvgIpc) is 2.86. The molecule has 0 saturated carbocycles. The lowest BCUT2D eigenvalue weighted by atomic mass is 10.2. The Bertz CT molecular complexity index is 675. The maximum absolute atomic E-state index is 4.39. The van der Waals surface area contributed by atoms with Crippen LogP contribution in [-0.4, -0.2) is 9.97 Å². The number of fused-ring (bicyclic) bond motifs is 1. The first-order chi connectivity index (χ1) is 8.84. The van der Waals surface area contributed by atoms with Crippen LogP contribution in [0.1, 0.15) is 11.3 Å². The minimum absolute atomic E-state index is 0.703. The van der Waals surface area contributed by atoms with Crippen LogP contribution in [0.15, 0.2) is 42.0 Å². The van der Waals surface area contributed by atoms with Gasteiger partial charge in [-0.05, 0) is 36.1 Å². The normalized spacial score (nSPS) is 10.7. The van der Waals surface area contributed by atoms with E-state index in [0.29, 0.717) is 6.54 Å². The summed E-state index contributed by atoms with van der Waals surface area (Å²) in [5, 5.41) is 6.63. The number of rotatable bonds is 3. The van der Waals surface area contributed by atoms with Crippen molar-refractivity contribution in [2.75, 3.05) is 5.32 Å². The van der Waals surface area contributed by atoms with Crippen LogP contribution in [0.25, 0.3) is 10.1 Å². The number of nitrogens with one attached hydrogen (secondary N) is 1. The van der Waals surface area contributed by atoms with Crippen LogP contribution in [0.2, 0.25) is 0 Å². The van der Waals surface area contributed by atoms with Gasteiger partial charge in [0.1, 0.15) is 5.82 Å². The highest BCUT2D eigenvalue weighted by atomic mass is 32.1. The molecule has 3 nitrogen and oxygen atoms in total. The summed E-state index contributed by atoms with van der Waals surface area (Å²) in [6.45, 7) is 2.78. The SMILES string of the molecule is Cc1cccnc1CNc1nccc2sccc12. The van der Waals surface area contributed by atoms with E-state index in [1.54, 1.807) is 11.3 Å². The molecule has 0 aliphatic carbocycles. The van der Waals surface area contributed by atoms with Gasteiger partial charge in [0.05, 0.1) is 12.2 Å². The van der Waals surface area contributed by atoms with Crippen molar-refractivity contribution in [3.63, 3.8) is 0 Å². The van der Waals surface area contributed by atoms with Crippen LogP contribution in [0.3, 0.4) is 0 Å². The number of hydrogen-bond acceptors (Lipinski definition) is 4. The molecule has 3 aromatic rings. The fourth-order valence-electron chi connectivity index (χ4n) is 1.91. The molecule has 0 aliphatic heterocycles. The molecule has 0 spiro atoms. The minimum Gasteiger partial charge on any atom is -0.364 e. The van der Waals surface area contributed by atoms with Gasteiger partial charge < -0.3 is 5.32 Å². The van der Waals surface area contributed by atoms with Crippen molar-refractivity contribution in [3.8, 4) is 0 Å². The van der Waals surface area contributed by atoms with Gasteiger partial charge in [0.25, 0.3) is 0 Å². The van der Waals surface area contributed by atoms with Gasteiger partial charge in [-0.1, -0.05) is 6.07 Å². The lowest BCUT2D eigenvalue weighted by Gasteiger charge is -2.08. The van der Waals surface area contributed by atoms with Crippen molar-refractivity contribution in [2.24, 2.45) is 0 Å². The molecule has 0 bridgehead atoms. The van der Waals surface area contributed by atoms with E-state index in [2.05, 4.69) is 39.7 Å². The Morgan fingerprint density at radius 1 is 1.17 bits per heavy atom. The lowest BCUT2D eigenvalue weighted by Crippen LogP contribution is -2.04. The molecule has 0 aliphatic rings. The second-order valence-corrected chi connectivity index (χ2v) is 5.06. The zero-order valence-corrected chi connectivity index (χ0v) is 10.9. The van der Waals surface area contributed by atoms with Gasteiger partial charge in [0.15, 0.2) is 0 Å². The summed E-state index contributed by atoms with van der Waals surface area (Å²) in [7, 11) is 0. The first-order valence-corrected chi connectivity index (χ1v) is 6.69. The highest BCUT2D eigenvalue weighted by molar-refractivity contribution is 7.17. The van der Waals surface area contributed by atoms with Gasteiger partial charge in [-0.2, -0.15) is 0 Å². The highest BCUT2D eigenvalue weighted by Gasteiger charge is 2.04. The third kappa shape index (κ3) is 2.07. The van der Waals surface area contributed by atoms with Gasteiger partial charge in [-0.15, -0.1) is 11.3 Å². The van der Waals surface area contributed by atoms with Gasteiger partial charge in [0.2, 0.25) is 0 Å². The zero-order chi connectivity index (χ0) is 12.4. The van der Waals surface area contributed by atoms with E-state index in [0.717, 1.165) is 11.5 Å². The molecule has 4 heteroatoms. The van der Waals surface area contributed by atoms with E-state index in [-0.39, 0.29) is 0 Å². The van der Waals surface area contributed by atoms with Gasteiger partial charge in [0, 0.05) is 22.5 Å². The first kappa shape index (κ1) is 11.2. The molecule has 18 heavy (non-hydrogen) atoms. The van der Waals surface area contributed by atoms with E-state index < -0.39 is 0 Å². The van der Waals surface area contributed by atoms with E-state index in [1.807, 2.05) is 24.5 Å². The Morgan fingerprint density at radius 2 is 2.11 bits per heavy atom. The molecule has 0 aromatic carbocycles. The summed E-state index contributed by atoms with van der Waals surface area (Å²) in [6.07, 6.45) is 3.66. The van der Waals surface area contributed by atoms with Crippen LogP contribution in [-0.2, 0) is 6.54 Å². The summed E-state index contributed by atoms with van der Waals surface area (Å²) in [4.78, 5) is 8.77. The van der Waals surface area contributed by atoms with Crippen molar-refractivity contribution >= 4 is 27.2 Å². The van der Waals surface area contributed by atoms with Crippen LogP contribution in [0, 0.1) is 6.92 Å². The number of thiophene rings is 1. The van der Waals surface area contributed by atoms with Crippen LogP contribution >= 0.6 is 11.3 Å². The molecule has 0 unspecified atom stereocenters. The van der Waals surface area contributed by atoms with Crippen molar-refractivity contribution in [3.05, 3.63) is 53.3 Å². The van der Waals surface area contributed by atoms with E-state index >= 15 is 0 Å². The van der Waals surface area contributed by atoms with Gasteiger partial charge >= 0.3 is 0 Å². The Labute approximate surface area is 110 Å². The number of pyridine rings is 2. The van der Waals surface area contributed by atoms with Crippen molar-refractivity contribution in [1.82, 2.24) is 9.97 Å². The predicted octanol–water partition coefficient (Wildman–Crippen LogP) is 3.61. The monoisotopic (exact) mass is 255 g/mol.